The Morgan fingerprint density at radius 3 is 2.80 bits per heavy atom. The predicted octanol–water partition coefficient (Wildman–Crippen LogP) is 4.42. The number of anilines is 1. The van der Waals surface area contributed by atoms with Crippen LogP contribution in [0.15, 0.2) is 67.0 Å². The van der Waals surface area contributed by atoms with Gasteiger partial charge in [0, 0.05) is 55.6 Å². The summed E-state index contributed by atoms with van der Waals surface area (Å²) in [7, 11) is 0. The van der Waals surface area contributed by atoms with Crippen LogP contribution in [0.25, 0.3) is 0 Å². The molecule has 5 rings (SSSR count). The van der Waals surface area contributed by atoms with Gasteiger partial charge in [0.2, 0.25) is 5.91 Å². The number of halogens is 1. The fraction of sp³-hybridized carbons (Fsp3) is 0.321. The maximum Gasteiger partial charge on any atom is 0.254 e. The van der Waals surface area contributed by atoms with E-state index in [4.69, 9.17) is 0 Å². The molecule has 2 atom stereocenters. The highest BCUT2D eigenvalue weighted by molar-refractivity contribution is 5.96. The molecule has 2 aromatic carbocycles. The van der Waals surface area contributed by atoms with Crippen molar-refractivity contribution in [2.24, 2.45) is 0 Å². The first-order chi connectivity index (χ1) is 16.9. The normalized spacial score (nSPS) is 21.7. The number of aromatic nitrogens is 1. The lowest BCUT2D eigenvalue weighted by molar-refractivity contribution is -0.125. The summed E-state index contributed by atoms with van der Waals surface area (Å²) >= 11 is 0. The molecular weight excluding hydrogens is 443 g/mol. The van der Waals surface area contributed by atoms with Crippen LogP contribution in [0.3, 0.4) is 0 Å². The number of likely N-dealkylation sites (tertiary alicyclic amines) is 1. The summed E-state index contributed by atoms with van der Waals surface area (Å²) in [6.07, 6.45) is 5.51. The number of amides is 2. The number of piperidine rings is 1. The third-order valence-corrected chi connectivity index (χ3v) is 7.21. The summed E-state index contributed by atoms with van der Waals surface area (Å²) in [4.78, 5) is 31.9. The van der Waals surface area contributed by atoms with E-state index in [9.17, 15) is 14.0 Å². The van der Waals surface area contributed by atoms with Gasteiger partial charge in [0.15, 0.2) is 0 Å². The van der Waals surface area contributed by atoms with E-state index >= 15 is 0 Å². The molecule has 2 aliphatic heterocycles. The smallest absolute Gasteiger partial charge is 0.254 e. The Labute approximate surface area is 204 Å². The van der Waals surface area contributed by atoms with Crippen molar-refractivity contribution in [2.75, 3.05) is 18.4 Å². The van der Waals surface area contributed by atoms with Crippen molar-refractivity contribution in [1.82, 2.24) is 15.2 Å². The third kappa shape index (κ3) is 4.76. The molecule has 6 nitrogen and oxygen atoms in total. The topological polar surface area (TPSA) is 74.3 Å². The van der Waals surface area contributed by atoms with Gasteiger partial charge >= 0.3 is 0 Å². The summed E-state index contributed by atoms with van der Waals surface area (Å²) in [5.41, 5.74) is 3.87. The van der Waals surface area contributed by atoms with Crippen molar-refractivity contribution in [3.8, 4) is 0 Å². The van der Waals surface area contributed by atoms with Crippen LogP contribution in [0.1, 0.15) is 52.2 Å². The molecule has 0 saturated carbocycles. The first-order valence-corrected chi connectivity index (χ1v) is 12.0. The zero-order valence-corrected chi connectivity index (χ0v) is 19.8. The average molecular weight is 473 g/mol. The van der Waals surface area contributed by atoms with Crippen molar-refractivity contribution in [3.63, 3.8) is 0 Å². The number of rotatable bonds is 5. The Bertz CT molecular complexity index is 1250. The average Bonchev–Trinajstić information content (AvgIpc) is 3.21. The minimum atomic E-state index is -0.577. The quantitative estimate of drug-likeness (QED) is 0.577. The fourth-order valence-electron chi connectivity index (χ4n) is 5.39. The van der Waals surface area contributed by atoms with Gasteiger partial charge in [-0.1, -0.05) is 18.2 Å². The molecule has 180 valence electrons. The van der Waals surface area contributed by atoms with Gasteiger partial charge in [-0.05, 0) is 72.9 Å². The maximum absolute atomic E-state index is 14.1. The molecule has 0 aliphatic carbocycles. The molecular formula is C28H29FN4O2. The minimum Gasteiger partial charge on any atom is -0.381 e. The molecule has 0 radical (unpaired) electrons. The lowest BCUT2D eigenvalue weighted by atomic mass is 9.76. The molecule has 2 amide bonds. The highest BCUT2D eigenvalue weighted by Gasteiger charge is 2.50. The van der Waals surface area contributed by atoms with E-state index in [-0.39, 0.29) is 23.5 Å². The summed E-state index contributed by atoms with van der Waals surface area (Å²) in [6, 6.07) is 16.1. The zero-order chi connectivity index (χ0) is 24.4. The van der Waals surface area contributed by atoms with Gasteiger partial charge in [-0.25, -0.2) is 4.39 Å². The van der Waals surface area contributed by atoms with Crippen LogP contribution in [0, 0.1) is 12.7 Å². The summed E-state index contributed by atoms with van der Waals surface area (Å²) in [5.74, 6) is -0.575. The Morgan fingerprint density at radius 2 is 2.03 bits per heavy atom. The van der Waals surface area contributed by atoms with Gasteiger partial charge in [0.05, 0.1) is 5.54 Å². The number of pyridine rings is 1. The zero-order valence-electron chi connectivity index (χ0n) is 19.8. The number of hydrogen-bond donors (Lipinski definition) is 2. The highest BCUT2D eigenvalue weighted by atomic mass is 19.1. The maximum atomic E-state index is 14.1. The number of carbonyl (C=O) groups is 2. The van der Waals surface area contributed by atoms with Crippen LogP contribution in [-0.4, -0.2) is 40.3 Å². The van der Waals surface area contributed by atoms with Crippen LogP contribution in [0.2, 0.25) is 0 Å². The van der Waals surface area contributed by atoms with Crippen molar-refractivity contribution in [1.29, 1.82) is 0 Å². The summed E-state index contributed by atoms with van der Waals surface area (Å²) < 4.78 is 14.1. The van der Waals surface area contributed by atoms with Crippen molar-refractivity contribution in [3.05, 3.63) is 95.1 Å². The number of benzene rings is 2. The Kier molecular flexibility index (Phi) is 6.24. The largest absolute Gasteiger partial charge is 0.381 e. The minimum absolute atomic E-state index is 0.00936. The van der Waals surface area contributed by atoms with E-state index < -0.39 is 5.54 Å². The number of hydrogen-bond acceptors (Lipinski definition) is 4. The lowest BCUT2D eigenvalue weighted by Gasteiger charge is -2.39. The van der Waals surface area contributed by atoms with Gasteiger partial charge in [0.1, 0.15) is 5.82 Å². The SMILES string of the molecule is Cc1ccc(C(=O)N2C[C@@H](c3cccc(F)c3)[C@@]3(CCCC(=O)N3)C2)cc1NCc1ccncc1. The molecule has 0 bridgehead atoms. The second-order valence-corrected chi connectivity index (χ2v) is 9.59. The van der Waals surface area contributed by atoms with Gasteiger partial charge in [-0.15, -0.1) is 0 Å². The van der Waals surface area contributed by atoms with Crippen LogP contribution in [0.5, 0.6) is 0 Å². The Balaban J connectivity index is 1.39. The third-order valence-electron chi connectivity index (χ3n) is 7.21. The first kappa shape index (κ1) is 23.0. The van der Waals surface area contributed by atoms with Crippen LogP contribution in [0.4, 0.5) is 10.1 Å². The second-order valence-electron chi connectivity index (χ2n) is 9.59. The molecule has 7 heteroatoms. The molecule has 0 unspecified atom stereocenters. The lowest BCUT2D eigenvalue weighted by Crippen LogP contribution is -2.56. The molecule has 1 spiro atoms. The predicted molar refractivity (Wildman–Crippen MR) is 133 cm³/mol. The molecule has 1 aromatic heterocycles. The van der Waals surface area contributed by atoms with Crippen LogP contribution in [-0.2, 0) is 11.3 Å². The van der Waals surface area contributed by atoms with E-state index in [0.717, 1.165) is 35.2 Å². The monoisotopic (exact) mass is 472 g/mol. The van der Waals surface area contributed by atoms with E-state index in [2.05, 4.69) is 15.6 Å². The fourth-order valence-corrected chi connectivity index (χ4v) is 5.39. The van der Waals surface area contributed by atoms with Crippen molar-refractivity contribution < 1.29 is 14.0 Å². The van der Waals surface area contributed by atoms with Crippen LogP contribution >= 0.6 is 0 Å². The molecule has 3 heterocycles. The Morgan fingerprint density at radius 1 is 1.20 bits per heavy atom. The van der Waals surface area contributed by atoms with Gasteiger partial charge in [0.25, 0.3) is 5.91 Å². The first-order valence-electron chi connectivity index (χ1n) is 12.0. The summed E-state index contributed by atoms with van der Waals surface area (Å²) in [6.45, 7) is 3.47. The van der Waals surface area contributed by atoms with Gasteiger partial charge < -0.3 is 15.5 Å². The summed E-state index contributed by atoms with van der Waals surface area (Å²) in [5, 5.41) is 6.60. The number of aryl methyl sites for hydroxylation is 1. The molecule has 35 heavy (non-hydrogen) atoms. The second kappa shape index (κ2) is 9.49. The van der Waals surface area contributed by atoms with Gasteiger partial charge in [-0.2, -0.15) is 0 Å². The van der Waals surface area contributed by atoms with E-state index in [1.54, 1.807) is 23.4 Å². The molecule has 2 fully saturated rings. The highest BCUT2D eigenvalue weighted by Crippen LogP contribution is 2.42. The van der Waals surface area contributed by atoms with Gasteiger partial charge in [-0.3, -0.25) is 14.6 Å². The van der Waals surface area contributed by atoms with Crippen molar-refractivity contribution >= 4 is 17.5 Å². The molecule has 2 N–H and O–H groups in total. The Hall–Kier alpha value is -3.74. The molecule has 2 aliphatic rings. The molecule has 2 saturated heterocycles. The van der Waals surface area contributed by atoms with E-state index in [1.165, 1.54) is 12.1 Å². The number of carbonyl (C=O) groups excluding carboxylic acids is 2. The van der Waals surface area contributed by atoms with Crippen LogP contribution < -0.4 is 10.6 Å². The number of nitrogens with zero attached hydrogens (tertiary/aromatic N) is 2. The van der Waals surface area contributed by atoms with Crippen molar-refractivity contribution in [2.45, 2.75) is 44.2 Å². The van der Waals surface area contributed by atoms with E-state index in [0.29, 0.717) is 31.6 Å². The standard InChI is InChI=1S/C28H29FN4O2/c1-19-7-8-22(15-25(19)31-16-20-9-12-30-13-10-20)27(35)33-17-24(21-4-2-5-23(29)14-21)28(18-33)11-3-6-26(34)32-28/h2,4-5,7-10,12-15,24,31H,3,6,11,16-18H2,1H3,(H,32,34)/t24-,28+/m0/s1. The van der Waals surface area contributed by atoms with E-state index in [1.807, 2.05) is 43.3 Å². The number of nitrogens with one attached hydrogen (secondary N) is 2. The molecule has 3 aromatic rings.